The van der Waals surface area contributed by atoms with Crippen molar-refractivity contribution in [2.45, 2.75) is 32.7 Å². The Labute approximate surface area is 151 Å². The van der Waals surface area contributed by atoms with Crippen LogP contribution < -0.4 is 10.6 Å². The molecule has 0 bridgehead atoms. The normalized spacial score (nSPS) is 13.4. The molecule has 0 saturated heterocycles. The summed E-state index contributed by atoms with van der Waals surface area (Å²) < 4.78 is 5.28. The van der Waals surface area contributed by atoms with Crippen molar-refractivity contribution in [1.82, 2.24) is 5.32 Å². The highest BCUT2D eigenvalue weighted by atomic mass is 32.1. The van der Waals surface area contributed by atoms with E-state index in [4.69, 9.17) is 17.0 Å². The number of hydrogen-bond acceptors (Lipinski definition) is 4. The molecule has 0 aliphatic heterocycles. The molecule has 2 N–H and O–H groups in total. The van der Waals surface area contributed by atoms with Gasteiger partial charge in [0.25, 0.3) is 0 Å². The van der Waals surface area contributed by atoms with Crippen molar-refractivity contribution in [3.63, 3.8) is 0 Å². The van der Waals surface area contributed by atoms with Crippen LogP contribution in [0.5, 0.6) is 0 Å². The molecule has 1 saturated carbocycles. The fourth-order valence-corrected chi connectivity index (χ4v) is 3.94. The molecule has 1 aliphatic rings. The summed E-state index contributed by atoms with van der Waals surface area (Å²) in [7, 11) is 0. The highest BCUT2D eigenvalue weighted by Gasteiger charge is 2.26. The number of esters is 1. The van der Waals surface area contributed by atoms with E-state index in [0.717, 1.165) is 33.8 Å². The van der Waals surface area contributed by atoms with Gasteiger partial charge >= 0.3 is 5.97 Å². The number of hydrogen-bond donors (Lipinski definition) is 2. The van der Waals surface area contributed by atoms with Gasteiger partial charge in [0.15, 0.2) is 5.11 Å². The number of carbonyl (C=O) groups excluding carboxylic acids is 1. The molecule has 6 heteroatoms. The van der Waals surface area contributed by atoms with Crippen LogP contribution in [0, 0.1) is 6.92 Å². The molecule has 1 fully saturated rings. The van der Waals surface area contributed by atoms with Crippen molar-refractivity contribution in [1.29, 1.82) is 0 Å². The van der Waals surface area contributed by atoms with Crippen LogP contribution >= 0.6 is 23.6 Å². The summed E-state index contributed by atoms with van der Waals surface area (Å²) in [5, 5.41) is 7.73. The van der Waals surface area contributed by atoms with E-state index in [1.807, 2.05) is 44.2 Å². The number of benzene rings is 1. The largest absolute Gasteiger partial charge is 0.462 e. The number of aryl methyl sites for hydroxylation is 1. The van der Waals surface area contributed by atoms with Crippen LogP contribution in [-0.2, 0) is 4.74 Å². The molecule has 3 rings (SSSR count). The minimum Gasteiger partial charge on any atom is -0.462 e. The van der Waals surface area contributed by atoms with Gasteiger partial charge in [-0.3, -0.25) is 0 Å². The molecule has 0 spiro atoms. The summed E-state index contributed by atoms with van der Waals surface area (Å²) >= 11 is 6.89. The minimum atomic E-state index is -0.322. The lowest BCUT2D eigenvalue weighted by atomic mass is 10.0. The van der Waals surface area contributed by atoms with Gasteiger partial charge in [0.2, 0.25) is 0 Å². The molecule has 0 radical (unpaired) electrons. The van der Waals surface area contributed by atoms with Crippen molar-refractivity contribution in [3.05, 3.63) is 40.8 Å². The SMILES string of the molecule is CCOC(=O)c1c(NC(=S)NC2CC2)sc(C)c1-c1ccccc1. The fourth-order valence-electron chi connectivity index (χ4n) is 2.54. The van der Waals surface area contributed by atoms with Gasteiger partial charge in [-0.2, -0.15) is 0 Å². The maximum Gasteiger partial charge on any atom is 0.341 e. The summed E-state index contributed by atoms with van der Waals surface area (Å²) in [6.45, 7) is 4.16. The van der Waals surface area contributed by atoms with Crippen molar-refractivity contribution in [3.8, 4) is 11.1 Å². The first kappa shape index (κ1) is 16.9. The van der Waals surface area contributed by atoms with Crippen LogP contribution in [0.3, 0.4) is 0 Å². The van der Waals surface area contributed by atoms with E-state index in [-0.39, 0.29) is 5.97 Å². The Morgan fingerprint density at radius 3 is 2.67 bits per heavy atom. The van der Waals surface area contributed by atoms with Gasteiger partial charge in [-0.05, 0) is 44.5 Å². The van der Waals surface area contributed by atoms with Crippen LogP contribution in [0.4, 0.5) is 5.00 Å². The van der Waals surface area contributed by atoms with E-state index in [9.17, 15) is 4.79 Å². The van der Waals surface area contributed by atoms with Crippen LogP contribution in [-0.4, -0.2) is 23.7 Å². The summed E-state index contributed by atoms with van der Waals surface area (Å²) in [5.74, 6) is -0.322. The molecule has 1 aliphatic carbocycles. The lowest BCUT2D eigenvalue weighted by Crippen LogP contribution is -2.30. The lowest BCUT2D eigenvalue weighted by molar-refractivity contribution is 0.0529. The van der Waals surface area contributed by atoms with E-state index in [1.165, 1.54) is 11.3 Å². The Hall–Kier alpha value is -1.92. The Morgan fingerprint density at radius 2 is 2.04 bits per heavy atom. The maximum absolute atomic E-state index is 12.6. The molecule has 1 heterocycles. The zero-order valence-electron chi connectivity index (χ0n) is 13.7. The van der Waals surface area contributed by atoms with Crippen LogP contribution in [0.2, 0.25) is 0 Å². The van der Waals surface area contributed by atoms with Crippen molar-refractivity contribution in [2.75, 3.05) is 11.9 Å². The quantitative estimate of drug-likeness (QED) is 0.613. The molecule has 0 atom stereocenters. The van der Waals surface area contributed by atoms with Crippen molar-refractivity contribution >= 4 is 39.6 Å². The minimum absolute atomic E-state index is 0.322. The zero-order chi connectivity index (χ0) is 17.1. The van der Waals surface area contributed by atoms with Gasteiger partial charge in [0.1, 0.15) is 10.6 Å². The number of carbonyl (C=O) groups is 1. The molecule has 24 heavy (non-hydrogen) atoms. The average Bonchev–Trinajstić information content (AvgIpc) is 3.30. The first-order valence-corrected chi connectivity index (χ1v) is 9.26. The monoisotopic (exact) mass is 360 g/mol. The van der Waals surface area contributed by atoms with Gasteiger partial charge in [-0.15, -0.1) is 11.3 Å². The summed E-state index contributed by atoms with van der Waals surface area (Å²) in [6, 6.07) is 10.4. The molecule has 0 unspecified atom stereocenters. The van der Waals surface area contributed by atoms with Crippen molar-refractivity contribution in [2.24, 2.45) is 0 Å². The summed E-state index contributed by atoms with van der Waals surface area (Å²) in [5.41, 5.74) is 2.48. The Balaban J connectivity index is 1.98. The first-order chi connectivity index (χ1) is 11.6. The number of anilines is 1. The van der Waals surface area contributed by atoms with E-state index in [2.05, 4.69) is 10.6 Å². The molecular weight excluding hydrogens is 340 g/mol. The topological polar surface area (TPSA) is 50.4 Å². The molecule has 2 aromatic rings. The third kappa shape index (κ3) is 3.76. The zero-order valence-corrected chi connectivity index (χ0v) is 15.4. The predicted octanol–water partition coefficient (Wildman–Crippen LogP) is 4.35. The van der Waals surface area contributed by atoms with Crippen LogP contribution in [0.25, 0.3) is 11.1 Å². The Kier molecular flexibility index (Phi) is 5.16. The number of nitrogens with one attached hydrogen (secondary N) is 2. The maximum atomic E-state index is 12.6. The molecule has 0 amide bonds. The van der Waals surface area contributed by atoms with Gasteiger partial charge in [-0.25, -0.2) is 4.79 Å². The number of rotatable bonds is 5. The second-order valence-corrected chi connectivity index (χ2v) is 7.33. The van der Waals surface area contributed by atoms with E-state index in [1.54, 1.807) is 0 Å². The second kappa shape index (κ2) is 7.32. The molecule has 1 aromatic heterocycles. The van der Waals surface area contributed by atoms with Gasteiger partial charge < -0.3 is 15.4 Å². The predicted molar refractivity (Wildman–Crippen MR) is 103 cm³/mol. The third-order valence-electron chi connectivity index (χ3n) is 3.77. The van der Waals surface area contributed by atoms with E-state index >= 15 is 0 Å². The Bertz CT molecular complexity index is 752. The molecule has 126 valence electrons. The smallest absolute Gasteiger partial charge is 0.341 e. The number of thiocarbonyl (C=S) groups is 1. The van der Waals surface area contributed by atoms with Crippen LogP contribution in [0.1, 0.15) is 35.0 Å². The fraction of sp³-hybridized carbons (Fsp3) is 0.333. The highest BCUT2D eigenvalue weighted by molar-refractivity contribution is 7.80. The van der Waals surface area contributed by atoms with E-state index < -0.39 is 0 Å². The molecule has 4 nitrogen and oxygen atoms in total. The summed E-state index contributed by atoms with van der Waals surface area (Å²) in [6.07, 6.45) is 2.29. The summed E-state index contributed by atoms with van der Waals surface area (Å²) in [4.78, 5) is 13.6. The Morgan fingerprint density at radius 1 is 1.33 bits per heavy atom. The second-order valence-electron chi connectivity index (χ2n) is 5.70. The molecule has 1 aromatic carbocycles. The van der Waals surface area contributed by atoms with Crippen molar-refractivity contribution < 1.29 is 9.53 Å². The lowest BCUT2D eigenvalue weighted by Gasteiger charge is -2.11. The number of ether oxygens (including phenoxy) is 1. The standard InChI is InChI=1S/C18H20N2O2S2/c1-3-22-17(21)15-14(12-7-5-4-6-8-12)11(2)24-16(15)20-18(23)19-13-9-10-13/h4-8,13H,3,9-10H2,1-2H3,(H2,19,20,23). The van der Waals surface area contributed by atoms with Gasteiger partial charge in [-0.1, -0.05) is 30.3 Å². The number of thiophene rings is 1. The highest BCUT2D eigenvalue weighted by Crippen LogP contribution is 2.40. The van der Waals surface area contributed by atoms with Gasteiger partial charge in [0.05, 0.1) is 6.61 Å². The first-order valence-electron chi connectivity index (χ1n) is 8.03. The van der Waals surface area contributed by atoms with Crippen LogP contribution in [0.15, 0.2) is 30.3 Å². The average molecular weight is 361 g/mol. The third-order valence-corrected chi connectivity index (χ3v) is 5.01. The van der Waals surface area contributed by atoms with Gasteiger partial charge in [0, 0.05) is 16.5 Å². The van der Waals surface area contributed by atoms with E-state index in [0.29, 0.717) is 23.3 Å². The molecular formula is C18H20N2O2S2.